The number of aliphatic imine (C=N–C) groups is 1. The largest absolute Gasteiger partial charge is 0.444 e. The van der Waals surface area contributed by atoms with Gasteiger partial charge in [-0.25, -0.2) is 15.0 Å². The van der Waals surface area contributed by atoms with E-state index in [9.17, 15) is 0 Å². The molecule has 1 aliphatic rings. The molecule has 0 saturated carbocycles. The molecular formula is C24H31IN6O. The molecule has 0 aliphatic carbocycles. The van der Waals surface area contributed by atoms with Gasteiger partial charge in [-0.2, -0.15) is 0 Å². The molecule has 0 spiro atoms. The zero-order valence-corrected chi connectivity index (χ0v) is 21.0. The topological polar surface area (TPSA) is 78.6 Å². The lowest BCUT2D eigenvalue weighted by atomic mass is 10.1. The lowest BCUT2D eigenvalue weighted by Gasteiger charge is -2.16. The van der Waals surface area contributed by atoms with E-state index in [1.165, 1.54) is 18.4 Å². The molecule has 7 nitrogen and oxygen atoms in total. The van der Waals surface area contributed by atoms with E-state index in [1.807, 2.05) is 18.3 Å². The first-order valence-corrected chi connectivity index (χ1v) is 10.9. The number of halogens is 1. The van der Waals surface area contributed by atoms with Gasteiger partial charge in [0.05, 0.1) is 18.8 Å². The normalized spacial score (nSPS) is 13.7. The fourth-order valence-corrected chi connectivity index (χ4v) is 3.55. The Bertz CT molecular complexity index is 994. The van der Waals surface area contributed by atoms with Crippen molar-refractivity contribution in [3.05, 3.63) is 65.7 Å². The maximum absolute atomic E-state index is 5.64. The molecule has 2 N–H and O–H groups in total. The van der Waals surface area contributed by atoms with Crippen LogP contribution in [0.25, 0.3) is 11.5 Å². The molecule has 2 aromatic heterocycles. The van der Waals surface area contributed by atoms with Crippen LogP contribution in [0.1, 0.15) is 36.6 Å². The number of aryl methyl sites for hydroxylation is 1. The molecule has 170 valence electrons. The van der Waals surface area contributed by atoms with Crippen LogP contribution < -0.4 is 15.5 Å². The van der Waals surface area contributed by atoms with Crippen LogP contribution in [0, 0.1) is 6.92 Å². The molecule has 1 fully saturated rings. The van der Waals surface area contributed by atoms with Gasteiger partial charge in [-0.15, -0.1) is 24.0 Å². The molecule has 0 bridgehead atoms. The molecule has 1 aromatic carbocycles. The molecule has 0 atom stereocenters. The zero-order chi connectivity index (χ0) is 21.5. The van der Waals surface area contributed by atoms with E-state index in [1.54, 1.807) is 6.26 Å². The van der Waals surface area contributed by atoms with Crippen molar-refractivity contribution in [2.24, 2.45) is 4.99 Å². The van der Waals surface area contributed by atoms with Crippen LogP contribution in [0.5, 0.6) is 0 Å². The van der Waals surface area contributed by atoms with Crippen molar-refractivity contribution < 1.29 is 4.42 Å². The van der Waals surface area contributed by atoms with Crippen LogP contribution in [-0.2, 0) is 13.1 Å². The highest BCUT2D eigenvalue weighted by molar-refractivity contribution is 14.0. The molecule has 0 unspecified atom stereocenters. The smallest absolute Gasteiger partial charge is 0.226 e. The van der Waals surface area contributed by atoms with E-state index in [0.29, 0.717) is 19.0 Å². The van der Waals surface area contributed by atoms with Gasteiger partial charge in [0.15, 0.2) is 5.96 Å². The molecule has 3 aromatic rings. The van der Waals surface area contributed by atoms with Crippen molar-refractivity contribution in [1.29, 1.82) is 0 Å². The molecule has 8 heteroatoms. The van der Waals surface area contributed by atoms with E-state index in [4.69, 9.17) is 4.42 Å². The van der Waals surface area contributed by atoms with E-state index in [-0.39, 0.29) is 24.0 Å². The number of nitrogens with zero attached hydrogens (tertiary/aromatic N) is 4. The average Bonchev–Trinajstić information content (AvgIpc) is 3.49. The number of hydrogen-bond acceptors (Lipinski definition) is 5. The van der Waals surface area contributed by atoms with Crippen molar-refractivity contribution in [1.82, 2.24) is 20.6 Å². The minimum absolute atomic E-state index is 0. The standard InChI is InChI=1S/C24H30N6O.HI/c1-3-25-24(27-15-19-8-11-22(26-14-19)30-12-4-5-13-30)28-16-21-17-31-23(29-21)20-9-6-18(2)7-10-20;/h6-11,14,17H,3-5,12-13,15-16H2,1-2H3,(H2,25,27,28);1H. The SMILES string of the molecule is CCNC(=NCc1ccc(N2CCCC2)nc1)NCc1coc(-c2ccc(C)cc2)n1.I. The van der Waals surface area contributed by atoms with Crippen LogP contribution in [0.3, 0.4) is 0 Å². The Kier molecular flexibility index (Phi) is 8.90. The number of oxazole rings is 1. The first kappa shape index (κ1) is 24.0. The van der Waals surface area contributed by atoms with Crippen molar-refractivity contribution in [3.63, 3.8) is 0 Å². The summed E-state index contributed by atoms with van der Waals surface area (Å²) in [5, 5.41) is 6.60. The summed E-state index contributed by atoms with van der Waals surface area (Å²) in [4.78, 5) is 16.2. The minimum Gasteiger partial charge on any atom is -0.444 e. The summed E-state index contributed by atoms with van der Waals surface area (Å²) in [7, 11) is 0. The summed E-state index contributed by atoms with van der Waals surface area (Å²) >= 11 is 0. The third-order valence-electron chi connectivity index (χ3n) is 5.29. The number of nitrogens with one attached hydrogen (secondary N) is 2. The Hall–Kier alpha value is -2.62. The summed E-state index contributed by atoms with van der Waals surface area (Å²) in [6.07, 6.45) is 6.12. The summed E-state index contributed by atoms with van der Waals surface area (Å²) in [6.45, 7) is 8.21. The van der Waals surface area contributed by atoms with E-state index < -0.39 is 0 Å². The average molecular weight is 546 g/mol. The summed E-state index contributed by atoms with van der Waals surface area (Å²) < 4.78 is 5.64. The summed E-state index contributed by atoms with van der Waals surface area (Å²) in [6, 6.07) is 12.4. The molecule has 3 heterocycles. The molecule has 1 aliphatic heterocycles. The van der Waals surface area contributed by atoms with E-state index in [0.717, 1.165) is 48.2 Å². The molecule has 1 saturated heterocycles. The second-order valence-corrected chi connectivity index (χ2v) is 7.78. The van der Waals surface area contributed by atoms with Gasteiger partial charge in [0.1, 0.15) is 12.1 Å². The van der Waals surface area contributed by atoms with Crippen LogP contribution in [0.4, 0.5) is 5.82 Å². The second-order valence-electron chi connectivity index (χ2n) is 7.78. The van der Waals surface area contributed by atoms with Crippen molar-refractivity contribution in [2.45, 2.75) is 39.8 Å². The van der Waals surface area contributed by atoms with Gasteiger partial charge in [-0.3, -0.25) is 0 Å². The highest BCUT2D eigenvalue weighted by Gasteiger charge is 2.13. The monoisotopic (exact) mass is 546 g/mol. The lowest BCUT2D eigenvalue weighted by Crippen LogP contribution is -2.36. The van der Waals surface area contributed by atoms with Crippen molar-refractivity contribution in [2.75, 3.05) is 24.5 Å². The van der Waals surface area contributed by atoms with E-state index >= 15 is 0 Å². The van der Waals surface area contributed by atoms with Crippen LogP contribution in [0.2, 0.25) is 0 Å². The summed E-state index contributed by atoms with van der Waals surface area (Å²) in [5.41, 5.74) is 4.10. The van der Waals surface area contributed by atoms with Gasteiger partial charge >= 0.3 is 0 Å². The Morgan fingerprint density at radius 3 is 2.56 bits per heavy atom. The maximum Gasteiger partial charge on any atom is 0.226 e. The lowest BCUT2D eigenvalue weighted by molar-refractivity contribution is 0.572. The van der Waals surface area contributed by atoms with Crippen LogP contribution >= 0.6 is 24.0 Å². The number of rotatable bonds is 7. The van der Waals surface area contributed by atoms with Gasteiger partial charge in [0.2, 0.25) is 5.89 Å². The van der Waals surface area contributed by atoms with E-state index in [2.05, 4.69) is 68.6 Å². The van der Waals surface area contributed by atoms with Gasteiger partial charge < -0.3 is 20.0 Å². The predicted octanol–water partition coefficient (Wildman–Crippen LogP) is 4.52. The van der Waals surface area contributed by atoms with Gasteiger partial charge in [0, 0.05) is 31.4 Å². The number of guanidine groups is 1. The molecule has 0 amide bonds. The Labute approximate surface area is 206 Å². The maximum atomic E-state index is 5.64. The highest BCUT2D eigenvalue weighted by atomic mass is 127. The van der Waals surface area contributed by atoms with Crippen molar-refractivity contribution >= 4 is 35.8 Å². The fourth-order valence-electron chi connectivity index (χ4n) is 3.55. The first-order valence-electron chi connectivity index (χ1n) is 10.9. The third-order valence-corrected chi connectivity index (χ3v) is 5.29. The number of benzene rings is 1. The predicted molar refractivity (Wildman–Crippen MR) is 139 cm³/mol. The highest BCUT2D eigenvalue weighted by Crippen LogP contribution is 2.19. The number of pyridine rings is 1. The minimum atomic E-state index is 0. The van der Waals surface area contributed by atoms with Crippen LogP contribution in [0.15, 0.2) is 58.3 Å². The van der Waals surface area contributed by atoms with Crippen LogP contribution in [-0.4, -0.2) is 35.6 Å². The Morgan fingerprint density at radius 2 is 1.88 bits per heavy atom. The molecule has 4 rings (SSSR count). The van der Waals surface area contributed by atoms with Crippen molar-refractivity contribution in [3.8, 4) is 11.5 Å². The van der Waals surface area contributed by atoms with Gasteiger partial charge in [0.25, 0.3) is 0 Å². The molecule has 0 radical (unpaired) electrons. The molecular weight excluding hydrogens is 515 g/mol. The Morgan fingerprint density at radius 1 is 1.09 bits per heavy atom. The van der Waals surface area contributed by atoms with Gasteiger partial charge in [-0.05, 0) is 50.5 Å². The second kappa shape index (κ2) is 11.8. The quantitative estimate of drug-likeness (QED) is 0.258. The number of hydrogen-bond donors (Lipinski definition) is 2. The zero-order valence-electron chi connectivity index (χ0n) is 18.7. The number of anilines is 1. The van der Waals surface area contributed by atoms with Gasteiger partial charge in [-0.1, -0.05) is 23.8 Å². The Balaban J connectivity index is 0.00000289. The third kappa shape index (κ3) is 6.44. The first-order chi connectivity index (χ1) is 15.2. The summed E-state index contributed by atoms with van der Waals surface area (Å²) in [5.74, 6) is 2.43. The fraction of sp³-hybridized carbons (Fsp3) is 0.375. The number of aromatic nitrogens is 2. The molecule has 32 heavy (non-hydrogen) atoms.